The number of aromatic amines is 1. The minimum atomic E-state index is -2.23. The van der Waals surface area contributed by atoms with E-state index in [0.717, 1.165) is 15.9 Å². The average molecular weight is 497 g/mol. The largest absolute Gasteiger partial charge is 1.00 e. The number of halogens is 1. The van der Waals surface area contributed by atoms with E-state index in [-0.39, 0.29) is 35.7 Å². The molecule has 0 saturated heterocycles. The highest BCUT2D eigenvalue weighted by Gasteiger charge is 2.47. The number of hydrogen-bond donors (Lipinski definition) is 1. The lowest BCUT2D eigenvalue weighted by Crippen LogP contribution is -3.00. The van der Waals surface area contributed by atoms with Gasteiger partial charge in [-0.1, -0.05) is 59.8 Å². The summed E-state index contributed by atoms with van der Waals surface area (Å²) >= 11 is 0. The van der Waals surface area contributed by atoms with E-state index in [2.05, 4.69) is 57.0 Å². The van der Waals surface area contributed by atoms with E-state index in [1.54, 1.807) is 0 Å². The van der Waals surface area contributed by atoms with Gasteiger partial charge in [-0.15, -0.1) is 10.2 Å². The molecule has 0 fully saturated rings. The first-order chi connectivity index (χ1) is 14.8. The predicted octanol–water partition coefficient (Wildman–Crippen LogP) is -0.716. The SMILES string of the molecule is O=C(C[P+](c1ccccc1)(c1ccccc1)c1ccccc1)OCCc1nn[nH]n1.[Br-]. The molecule has 0 bridgehead atoms. The third kappa shape index (κ3) is 5.24. The van der Waals surface area contributed by atoms with Gasteiger partial charge in [0.25, 0.3) is 0 Å². The third-order valence-corrected chi connectivity index (χ3v) is 9.21. The van der Waals surface area contributed by atoms with Crippen molar-refractivity contribution in [3.8, 4) is 0 Å². The van der Waals surface area contributed by atoms with Crippen LogP contribution >= 0.6 is 7.26 Å². The zero-order valence-electron chi connectivity index (χ0n) is 16.8. The molecule has 0 unspecified atom stereocenters. The van der Waals surface area contributed by atoms with Gasteiger partial charge in [0.2, 0.25) is 0 Å². The second-order valence-electron chi connectivity index (χ2n) is 6.77. The van der Waals surface area contributed by atoms with Crippen LogP contribution in [-0.4, -0.2) is 39.4 Å². The maximum absolute atomic E-state index is 13.0. The molecule has 3 aromatic carbocycles. The molecule has 0 saturated carbocycles. The Balaban J connectivity index is 0.00000272. The maximum Gasteiger partial charge on any atom is 0.345 e. The van der Waals surface area contributed by atoms with Gasteiger partial charge in [-0.3, -0.25) is 0 Å². The molecule has 0 aliphatic heterocycles. The highest BCUT2D eigenvalue weighted by molar-refractivity contribution is 7.96. The number of hydrogen-bond acceptors (Lipinski definition) is 5. The summed E-state index contributed by atoms with van der Waals surface area (Å²) in [6, 6.07) is 30.8. The summed E-state index contributed by atoms with van der Waals surface area (Å²) in [5.41, 5.74) is 0. The fraction of sp³-hybridized carbons (Fsp3) is 0.130. The second kappa shape index (κ2) is 10.9. The van der Waals surface area contributed by atoms with Crippen LogP contribution < -0.4 is 32.9 Å². The highest BCUT2D eigenvalue weighted by atomic mass is 79.9. The van der Waals surface area contributed by atoms with Crippen LogP contribution in [0.3, 0.4) is 0 Å². The van der Waals surface area contributed by atoms with Crippen LogP contribution in [0.1, 0.15) is 5.82 Å². The van der Waals surface area contributed by atoms with Crippen molar-refractivity contribution in [2.24, 2.45) is 0 Å². The van der Waals surface area contributed by atoms with Gasteiger partial charge in [0.1, 0.15) is 23.2 Å². The van der Waals surface area contributed by atoms with Crippen LogP contribution in [0.15, 0.2) is 91.0 Å². The highest BCUT2D eigenvalue weighted by Crippen LogP contribution is 2.55. The number of tetrazole rings is 1. The van der Waals surface area contributed by atoms with Crippen molar-refractivity contribution in [3.05, 3.63) is 96.8 Å². The summed E-state index contributed by atoms with van der Waals surface area (Å²) in [7, 11) is -2.23. The summed E-state index contributed by atoms with van der Waals surface area (Å²) in [6.07, 6.45) is 0.715. The first-order valence-corrected chi connectivity index (χ1v) is 11.7. The molecule has 1 N–H and O–H groups in total. The van der Waals surface area contributed by atoms with Crippen LogP contribution in [-0.2, 0) is 16.0 Å². The molecular weight excluding hydrogens is 475 g/mol. The van der Waals surface area contributed by atoms with Crippen LogP contribution in [0, 0.1) is 0 Å². The van der Waals surface area contributed by atoms with Crippen molar-refractivity contribution in [1.82, 2.24) is 20.6 Å². The first-order valence-electron chi connectivity index (χ1n) is 9.72. The molecule has 0 aliphatic rings. The molecule has 8 heteroatoms. The molecule has 6 nitrogen and oxygen atoms in total. The number of rotatable bonds is 8. The number of H-pyrrole nitrogens is 1. The number of carbonyl (C=O) groups excluding carboxylic acids is 1. The van der Waals surface area contributed by atoms with Gasteiger partial charge >= 0.3 is 5.97 Å². The molecule has 1 aromatic heterocycles. The van der Waals surface area contributed by atoms with Crippen molar-refractivity contribution in [3.63, 3.8) is 0 Å². The monoisotopic (exact) mass is 496 g/mol. The minimum absolute atomic E-state index is 0. The Hall–Kier alpha value is -2.89. The lowest BCUT2D eigenvalue weighted by molar-refractivity contribution is -0.140. The Morgan fingerprint density at radius 1 is 0.806 bits per heavy atom. The fourth-order valence-corrected chi connectivity index (χ4v) is 7.52. The molecule has 0 atom stereocenters. The third-order valence-electron chi connectivity index (χ3n) is 4.94. The fourth-order valence-electron chi connectivity index (χ4n) is 3.55. The van der Waals surface area contributed by atoms with E-state index in [0.29, 0.717) is 12.2 Å². The topological polar surface area (TPSA) is 80.8 Å². The Kier molecular flexibility index (Phi) is 8.04. The van der Waals surface area contributed by atoms with Crippen LogP contribution in [0.25, 0.3) is 0 Å². The summed E-state index contributed by atoms with van der Waals surface area (Å²) in [5.74, 6) is 0.293. The van der Waals surface area contributed by atoms with Gasteiger partial charge in [0, 0.05) is 6.42 Å². The molecular formula is C23H22BrN4O2P. The Labute approximate surface area is 192 Å². The second-order valence-corrected chi connectivity index (χ2v) is 10.3. The molecule has 1 heterocycles. The quantitative estimate of drug-likeness (QED) is 0.257. The van der Waals surface area contributed by atoms with Crippen molar-refractivity contribution < 1.29 is 26.5 Å². The lowest BCUT2D eigenvalue weighted by atomic mass is 10.4. The Morgan fingerprint density at radius 3 is 1.71 bits per heavy atom. The van der Waals surface area contributed by atoms with Gasteiger partial charge in [0.15, 0.2) is 12.0 Å². The number of esters is 1. The molecule has 31 heavy (non-hydrogen) atoms. The molecule has 0 aliphatic carbocycles. The smallest absolute Gasteiger partial charge is 0.345 e. The number of nitrogens with zero attached hydrogens (tertiary/aromatic N) is 3. The molecule has 4 rings (SSSR count). The predicted molar refractivity (Wildman–Crippen MR) is 119 cm³/mol. The summed E-state index contributed by atoms with van der Waals surface area (Å²) in [5, 5.41) is 17.2. The number of benzene rings is 3. The van der Waals surface area contributed by atoms with E-state index < -0.39 is 7.26 Å². The van der Waals surface area contributed by atoms with Crippen molar-refractivity contribution in [1.29, 1.82) is 0 Å². The van der Waals surface area contributed by atoms with Crippen molar-refractivity contribution in [2.45, 2.75) is 6.42 Å². The van der Waals surface area contributed by atoms with E-state index in [1.807, 2.05) is 54.6 Å². The minimum Gasteiger partial charge on any atom is -1.00 e. The Morgan fingerprint density at radius 2 is 1.29 bits per heavy atom. The zero-order valence-corrected chi connectivity index (χ0v) is 19.2. The first kappa shape index (κ1) is 22.8. The number of aromatic nitrogens is 4. The molecule has 0 radical (unpaired) electrons. The molecule has 0 amide bonds. The van der Waals surface area contributed by atoms with E-state index in [9.17, 15) is 4.79 Å². The normalized spacial score (nSPS) is 10.8. The van der Waals surface area contributed by atoms with Gasteiger partial charge in [-0.05, 0) is 36.4 Å². The average Bonchev–Trinajstić information content (AvgIpc) is 3.33. The Bertz CT molecular complexity index is 968. The van der Waals surface area contributed by atoms with Crippen molar-refractivity contribution >= 4 is 29.1 Å². The van der Waals surface area contributed by atoms with Crippen molar-refractivity contribution in [2.75, 3.05) is 12.8 Å². The van der Waals surface area contributed by atoms with Gasteiger partial charge < -0.3 is 21.7 Å². The lowest BCUT2D eigenvalue weighted by Gasteiger charge is -2.26. The molecule has 158 valence electrons. The van der Waals surface area contributed by atoms with Crippen LogP contribution in [0.2, 0.25) is 0 Å². The molecule has 4 aromatic rings. The van der Waals surface area contributed by atoms with Crippen LogP contribution in [0.4, 0.5) is 0 Å². The maximum atomic E-state index is 13.0. The standard InChI is InChI=1S/C23H22N4O2P.BrH/c28-23(29-17-16-22-24-26-27-25-22)18-30(19-10-4-1-5-11-19,20-12-6-2-7-13-20)21-14-8-3-9-15-21;/h1-15H,16-18H2,(H,24,25,26,27);1H/q+1;/p-1. The van der Waals surface area contributed by atoms with E-state index >= 15 is 0 Å². The molecule has 0 spiro atoms. The number of ether oxygens (including phenoxy) is 1. The number of nitrogens with one attached hydrogen (secondary N) is 1. The zero-order chi connectivity index (χ0) is 20.7. The van der Waals surface area contributed by atoms with Gasteiger partial charge in [-0.2, -0.15) is 5.21 Å². The van der Waals surface area contributed by atoms with Gasteiger partial charge in [-0.25, -0.2) is 4.79 Å². The summed E-state index contributed by atoms with van der Waals surface area (Å²) in [6.45, 7) is 0.219. The van der Waals surface area contributed by atoms with Gasteiger partial charge in [0.05, 0.1) is 6.61 Å². The van der Waals surface area contributed by atoms with Crippen LogP contribution in [0.5, 0.6) is 0 Å². The number of carbonyl (C=O) groups is 1. The van der Waals surface area contributed by atoms with E-state index in [4.69, 9.17) is 4.74 Å². The van der Waals surface area contributed by atoms with E-state index in [1.165, 1.54) is 0 Å². The summed E-state index contributed by atoms with van der Waals surface area (Å²) in [4.78, 5) is 13.0. The summed E-state index contributed by atoms with van der Waals surface area (Å²) < 4.78 is 5.60.